The first kappa shape index (κ1) is 19.0. The second-order valence-electron chi connectivity index (χ2n) is 5.38. The molecule has 0 fully saturated rings. The molecule has 0 spiro atoms. The van der Waals surface area contributed by atoms with Gasteiger partial charge < -0.3 is 13.8 Å². The van der Waals surface area contributed by atoms with Crippen molar-refractivity contribution in [2.24, 2.45) is 0 Å². The molecule has 0 aliphatic rings. The zero-order chi connectivity index (χ0) is 18.1. The van der Waals surface area contributed by atoms with Crippen molar-refractivity contribution in [2.45, 2.75) is 6.92 Å². The van der Waals surface area contributed by atoms with Gasteiger partial charge in [0.2, 0.25) is 0 Å². The van der Waals surface area contributed by atoms with Gasteiger partial charge in [-0.1, -0.05) is 36.4 Å². The Kier molecular flexibility index (Phi) is 7.04. The summed E-state index contributed by atoms with van der Waals surface area (Å²) < 4.78 is 29.5. The first-order chi connectivity index (χ1) is 12.0. The highest BCUT2D eigenvalue weighted by Gasteiger charge is 2.31. The fraction of sp³-hybridized carbons (Fsp3) is 0.278. The molecule has 0 saturated carbocycles. The second kappa shape index (κ2) is 9.25. The molecule has 25 heavy (non-hydrogen) atoms. The van der Waals surface area contributed by atoms with Gasteiger partial charge in [-0.3, -0.25) is 9.69 Å². The molecule has 0 aliphatic carbocycles. The Labute approximate surface area is 147 Å². The highest BCUT2D eigenvalue weighted by Crippen LogP contribution is 2.48. The van der Waals surface area contributed by atoms with Gasteiger partial charge in [-0.2, -0.15) is 0 Å². The molecule has 134 valence electrons. The van der Waals surface area contributed by atoms with Crippen LogP contribution in [-0.4, -0.2) is 37.4 Å². The molecule has 0 unspecified atom stereocenters. The molecule has 0 saturated heterocycles. The molecule has 6 nitrogen and oxygen atoms in total. The van der Waals surface area contributed by atoms with Crippen molar-refractivity contribution in [1.82, 2.24) is 4.90 Å². The third kappa shape index (κ3) is 6.61. The quantitative estimate of drug-likeness (QED) is 0.499. The summed E-state index contributed by atoms with van der Waals surface area (Å²) in [6.07, 6.45) is -0.0599. The summed E-state index contributed by atoms with van der Waals surface area (Å²) in [6, 6.07) is 17.6. The average Bonchev–Trinajstić information content (AvgIpc) is 2.56. The normalized spacial score (nSPS) is 11.2. The summed E-state index contributed by atoms with van der Waals surface area (Å²) in [7, 11) is -1.92. The molecule has 7 heteroatoms. The van der Waals surface area contributed by atoms with Gasteiger partial charge in [0.15, 0.2) is 0 Å². The lowest BCUT2D eigenvalue weighted by molar-refractivity contribution is -0.143. The Balaban J connectivity index is 2.13. The van der Waals surface area contributed by atoms with Gasteiger partial charge in [0.1, 0.15) is 17.8 Å². The standard InChI is InChI=1S/C18H22NO5P/c1-3-22-18(20)14-19(2)15-25(21,23-16-10-6-4-7-11-16)24-17-12-8-5-9-13-17/h4-13H,3,14-15H2,1-2H3. The van der Waals surface area contributed by atoms with E-state index in [0.29, 0.717) is 18.1 Å². The van der Waals surface area contributed by atoms with E-state index in [2.05, 4.69) is 0 Å². The number of para-hydroxylation sites is 2. The Hall–Kier alpha value is -2.30. The molecule has 0 radical (unpaired) electrons. The lowest BCUT2D eigenvalue weighted by Crippen LogP contribution is -2.30. The molecule has 0 N–H and O–H groups in total. The number of rotatable bonds is 9. The van der Waals surface area contributed by atoms with Crippen LogP contribution in [0.5, 0.6) is 11.5 Å². The maximum Gasteiger partial charge on any atom is 0.444 e. The maximum atomic E-state index is 13.3. The van der Waals surface area contributed by atoms with Crippen molar-refractivity contribution in [3.05, 3.63) is 60.7 Å². The summed E-state index contributed by atoms with van der Waals surface area (Å²) in [5.74, 6) is 0.480. The number of carbonyl (C=O) groups excluding carboxylic acids is 1. The van der Waals surface area contributed by atoms with Crippen LogP contribution in [0.1, 0.15) is 6.92 Å². The van der Waals surface area contributed by atoms with E-state index >= 15 is 0 Å². The predicted octanol–water partition coefficient (Wildman–Crippen LogP) is 3.79. The SMILES string of the molecule is CCOC(=O)CN(C)CP(=O)(Oc1ccccc1)Oc1ccccc1. The molecule has 2 aromatic rings. The summed E-state index contributed by atoms with van der Waals surface area (Å²) in [4.78, 5) is 13.2. The molecule has 0 aliphatic heterocycles. The second-order valence-corrected chi connectivity index (χ2v) is 7.25. The third-order valence-electron chi connectivity index (χ3n) is 3.09. The van der Waals surface area contributed by atoms with Gasteiger partial charge in [0.25, 0.3) is 0 Å². The van der Waals surface area contributed by atoms with Crippen LogP contribution in [0.2, 0.25) is 0 Å². The molecule has 2 aromatic carbocycles. The maximum absolute atomic E-state index is 13.3. The zero-order valence-electron chi connectivity index (χ0n) is 14.3. The van der Waals surface area contributed by atoms with E-state index < -0.39 is 13.6 Å². The lowest BCUT2D eigenvalue weighted by Gasteiger charge is -2.24. The summed E-state index contributed by atoms with van der Waals surface area (Å²) >= 11 is 0. The first-order valence-electron chi connectivity index (χ1n) is 7.93. The highest BCUT2D eigenvalue weighted by atomic mass is 31.2. The summed E-state index contributed by atoms with van der Waals surface area (Å²) in [5.41, 5.74) is 0. The van der Waals surface area contributed by atoms with Crippen LogP contribution >= 0.6 is 7.60 Å². The van der Waals surface area contributed by atoms with Crippen LogP contribution in [-0.2, 0) is 14.1 Å². The van der Waals surface area contributed by atoms with Gasteiger partial charge in [0, 0.05) is 0 Å². The number of carbonyl (C=O) groups is 1. The Morgan fingerprint density at radius 3 is 1.88 bits per heavy atom. The van der Waals surface area contributed by atoms with E-state index in [-0.39, 0.29) is 12.8 Å². The van der Waals surface area contributed by atoms with E-state index in [4.69, 9.17) is 13.8 Å². The Bertz CT molecular complexity index is 662. The molecule has 0 amide bonds. The molecule has 0 aromatic heterocycles. The minimum absolute atomic E-state index is 0.00582. The van der Waals surface area contributed by atoms with Gasteiger partial charge in [0.05, 0.1) is 13.2 Å². The van der Waals surface area contributed by atoms with Gasteiger partial charge in [-0.15, -0.1) is 0 Å². The van der Waals surface area contributed by atoms with Crippen LogP contribution in [0, 0.1) is 0 Å². The molecule has 0 bridgehead atoms. The number of hydrogen-bond donors (Lipinski definition) is 0. The molecule has 0 atom stereocenters. The number of hydrogen-bond acceptors (Lipinski definition) is 6. The minimum atomic E-state index is -3.58. The first-order valence-corrected chi connectivity index (χ1v) is 9.66. The van der Waals surface area contributed by atoms with Crippen LogP contribution in [0.4, 0.5) is 0 Å². The number of nitrogens with zero attached hydrogens (tertiary/aromatic N) is 1. The topological polar surface area (TPSA) is 65.1 Å². The van der Waals surface area contributed by atoms with Crippen LogP contribution < -0.4 is 9.05 Å². The fourth-order valence-electron chi connectivity index (χ4n) is 2.13. The molecule has 0 heterocycles. The van der Waals surface area contributed by atoms with Crippen molar-refractivity contribution >= 4 is 13.6 Å². The van der Waals surface area contributed by atoms with Crippen molar-refractivity contribution in [1.29, 1.82) is 0 Å². The third-order valence-corrected chi connectivity index (χ3v) is 4.90. The van der Waals surface area contributed by atoms with E-state index in [9.17, 15) is 9.36 Å². The lowest BCUT2D eigenvalue weighted by atomic mass is 10.3. The van der Waals surface area contributed by atoms with Crippen molar-refractivity contribution < 1.29 is 23.1 Å². The average molecular weight is 363 g/mol. The van der Waals surface area contributed by atoms with E-state index in [1.165, 1.54) is 0 Å². The Morgan fingerprint density at radius 1 is 0.960 bits per heavy atom. The van der Waals surface area contributed by atoms with Gasteiger partial charge >= 0.3 is 13.6 Å². The van der Waals surface area contributed by atoms with Crippen molar-refractivity contribution in [3.8, 4) is 11.5 Å². The highest BCUT2D eigenvalue weighted by molar-refractivity contribution is 7.54. The van der Waals surface area contributed by atoms with E-state index in [0.717, 1.165) is 0 Å². The zero-order valence-corrected chi connectivity index (χ0v) is 15.2. The number of likely N-dealkylation sites (N-methyl/N-ethyl adjacent to an activating group) is 1. The van der Waals surface area contributed by atoms with E-state index in [1.54, 1.807) is 67.4 Å². The van der Waals surface area contributed by atoms with Crippen molar-refractivity contribution in [3.63, 3.8) is 0 Å². The minimum Gasteiger partial charge on any atom is -0.465 e. The van der Waals surface area contributed by atoms with Crippen LogP contribution in [0.25, 0.3) is 0 Å². The van der Waals surface area contributed by atoms with Crippen molar-refractivity contribution in [2.75, 3.05) is 26.5 Å². The van der Waals surface area contributed by atoms with Gasteiger partial charge in [-0.25, -0.2) is 4.57 Å². The smallest absolute Gasteiger partial charge is 0.444 e. The van der Waals surface area contributed by atoms with E-state index in [1.807, 2.05) is 12.1 Å². The van der Waals surface area contributed by atoms with Crippen LogP contribution in [0.3, 0.4) is 0 Å². The summed E-state index contributed by atoms with van der Waals surface area (Å²) in [6.45, 7) is 2.03. The number of benzene rings is 2. The van der Waals surface area contributed by atoms with Crippen LogP contribution in [0.15, 0.2) is 60.7 Å². The summed E-state index contributed by atoms with van der Waals surface area (Å²) in [5, 5.41) is 0. The number of ether oxygens (including phenoxy) is 1. The van der Waals surface area contributed by atoms with Gasteiger partial charge in [-0.05, 0) is 38.2 Å². The monoisotopic (exact) mass is 363 g/mol. The predicted molar refractivity (Wildman–Crippen MR) is 95.9 cm³/mol. The molecular formula is C18H22NO5P. The Morgan fingerprint density at radius 2 is 1.44 bits per heavy atom. The fourth-order valence-corrected chi connectivity index (χ4v) is 3.86. The largest absolute Gasteiger partial charge is 0.465 e. The number of esters is 1. The molecule has 2 rings (SSSR count). The molecular weight excluding hydrogens is 341 g/mol.